The highest BCUT2D eigenvalue weighted by molar-refractivity contribution is 5.93. The quantitative estimate of drug-likeness (QED) is 0.828. The van der Waals surface area contributed by atoms with Gasteiger partial charge in [-0.25, -0.2) is 0 Å². The molecule has 1 aliphatic rings. The number of carboxylic acids is 1. The molecule has 0 aliphatic heterocycles. The van der Waals surface area contributed by atoms with E-state index < -0.39 is 5.97 Å². The van der Waals surface area contributed by atoms with E-state index in [1.807, 2.05) is 0 Å². The van der Waals surface area contributed by atoms with E-state index in [2.05, 4.69) is 19.0 Å². The van der Waals surface area contributed by atoms with Crippen molar-refractivity contribution < 1.29 is 19.2 Å². The molecule has 6 nitrogen and oxygen atoms in total. The molecule has 1 aromatic heterocycles. The second-order valence-corrected chi connectivity index (χ2v) is 5.19. The molecule has 1 aliphatic carbocycles. The molecule has 1 N–H and O–H groups in total. The SMILES string of the molecule is CCC(CC)c1cc(C(=O)N(CC(=O)O)C2CC2)on1. The normalized spacial score (nSPS) is 14.6. The Morgan fingerprint density at radius 3 is 2.60 bits per heavy atom. The van der Waals surface area contributed by atoms with Gasteiger partial charge in [0.1, 0.15) is 6.54 Å². The van der Waals surface area contributed by atoms with E-state index in [4.69, 9.17) is 9.63 Å². The van der Waals surface area contributed by atoms with Crippen LogP contribution in [-0.2, 0) is 4.79 Å². The Hall–Kier alpha value is -1.85. The average Bonchev–Trinajstić information content (AvgIpc) is 3.15. The number of hydrogen-bond acceptors (Lipinski definition) is 4. The second kappa shape index (κ2) is 6.07. The fraction of sp³-hybridized carbons (Fsp3) is 0.643. The van der Waals surface area contributed by atoms with E-state index in [9.17, 15) is 9.59 Å². The second-order valence-electron chi connectivity index (χ2n) is 5.19. The molecule has 0 aromatic carbocycles. The van der Waals surface area contributed by atoms with Gasteiger partial charge in [-0.1, -0.05) is 19.0 Å². The first kappa shape index (κ1) is 14.6. The Labute approximate surface area is 117 Å². The van der Waals surface area contributed by atoms with Crippen molar-refractivity contribution in [3.05, 3.63) is 17.5 Å². The topological polar surface area (TPSA) is 83.6 Å². The minimum absolute atomic E-state index is 0.0281. The van der Waals surface area contributed by atoms with Crippen molar-refractivity contribution in [2.24, 2.45) is 0 Å². The number of amides is 1. The molecule has 1 fully saturated rings. The molecular weight excluding hydrogens is 260 g/mol. The third kappa shape index (κ3) is 3.18. The van der Waals surface area contributed by atoms with Crippen LogP contribution in [0.5, 0.6) is 0 Å². The molecule has 110 valence electrons. The van der Waals surface area contributed by atoms with E-state index >= 15 is 0 Å². The van der Waals surface area contributed by atoms with Crippen molar-refractivity contribution in [2.45, 2.75) is 51.5 Å². The van der Waals surface area contributed by atoms with Crippen molar-refractivity contribution in [3.8, 4) is 0 Å². The Bertz CT molecular complexity index is 489. The van der Waals surface area contributed by atoms with Crippen LogP contribution in [0.3, 0.4) is 0 Å². The van der Waals surface area contributed by atoms with Crippen molar-refractivity contribution in [2.75, 3.05) is 6.54 Å². The third-order valence-corrected chi connectivity index (χ3v) is 3.70. The average molecular weight is 280 g/mol. The van der Waals surface area contributed by atoms with Gasteiger partial charge in [-0.15, -0.1) is 0 Å². The highest BCUT2D eigenvalue weighted by Crippen LogP contribution is 2.29. The smallest absolute Gasteiger partial charge is 0.323 e. The zero-order valence-corrected chi connectivity index (χ0v) is 11.8. The monoisotopic (exact) mass is 280 g/mol. The first-order valence-corrected chi connectivity index (χ1v) is 7.06. The summed E-state index contributed by atoms with van der Waals surface area (Å²) >= 11 is 0. The molecule has 1 heterocycles. The van der Waals surface area contributed by atoms with Gasteiger partial charge in [0.05, 0.1) is 5.69 Å². The van der Waals surface area contributed by atoms with Gasteiger partial charge in [0.25, 0.3) is 5.91 Å². The number of hydrogen-bond donors (Lipinski definition) is 1. The molecule has 0 spiro atoms. The predicted octanol–water partition coefficient (Wildman–Crippen LogP) is 2.27. The molecular formula is C14H20N2O4. The summed E-state index contributed by atoms with van der Waals surface area (Å²) in [4.78, 5) is 24.5. The van der Waals surface area contributed by atoms with Gasteiger partial charge >= 0.3 is 5.97 Å². The summed E-state index contributed by atoms with van der Waals surface area (Å²) in [5.74, 6) is -0.973. The zero-order chi connectivity index (χ0) is 14.7. The molecule has 20 heavy (non-hydrogen) atoms. The Morgan fingerprint density at radius 2 is 2.10 bits per heavy atom. The standard InChI is InChI=1S/C14H20N2O4/c1-3-9(4-2)11-7-12(20-15-11)14(19)16(8-13(17)18)10-5-6-10/h7,9-10H,3-6,8H2,1-2H3,(H,17,18). The van der Waals surface area contributed by atoms with Crippen LogP contribution < -0.4 is 0 Å². The summed E-state index contributed by atoms with van der Waals surface area (Å²) in [6.07, 6.45) is 3.56. The lowest BCUT2D eigenvalue weighted by molar-refractivity contribution is -0.137. The molecule has 0 radical (unpaired) electrons. The molecule has 0 bridgehead atoms. The van der Waals surface area contributed by atoms with Crippen LogP contribution in [-0.4, -0.2) is 39.6 Å². The molecule has 1 amide bonds. The number of aromatic nitrogens is 1. The largest absolute Gasteiger partial charge is 0.480 e. The first-order valence-electron chi connectivity index (χ1n) is 7.06. The maximum atomic E-state index is 12.3. The minimum atomic E-state index is -1.01. The maximum Gasteiger partial charge on any atom is 0.323 e. The molecule has 0 unspecified atom stereocenters. The lowest BCUT2D eigenvalue weighted by Gasteiger charge is -2.18. The first-order chi connectivity index (χ1) is 9.56. The zero-order valence-electron chi connectivity index (χ0n) is 11.8. The predicted molar refractivity (Wildman–Crippen MR) is 71.5 cm³/mol. The summed E-state index contributed by atoms with van der Waals surface area (Å²) in [5, 5.41) is 12.8. The van der Waals surface area contributed by atoms with Crippen LogP contribution in [0.2, 0.25) is 0 Å². The van der Waals surface area contributed by atoms with E-state index in [1.165, 1.54) is 4.90 Å². The van der Waals surface area contributed by atoms with Crippen molar-refractivity contribution in [1.29, 1.82) is 0 Å². The van der Waals surface area contributed by atoms with E-state index in [0.717, 1.165) is 31.4 Å². The van der Waals surface area contributed by atoms with Crippen LogP contribution >= 0.6 is 0 Å². The molecule has 1 saturated carbocycles. The van der Waals surface area contributed by atoms with Gasteiger partial charge in [-0.3, -0.25) is 9.59 Å². The number of carbonyl (C=O) groups is 2. The fourth-order valence-corrected chi connectivity index (χ4v) is 2.33. The number of aliphatic carboxylic acids is 1. The van der Waals surface area contributed by atoms with Crippen LogP contribution in [0.4, 0.5) is 0 Å². The number of carboxylic acid groups (broad SMARTS) is 1. The Balaban J connectivity index is 2.13. The van der Waals surface area contributed by atoms with Crippen LogP contribution in [0, 0.1) is 0 Å². The number of nitrogens with zero attached hydrogens (tertiary/aromatic N) is 2. The Kier molecular flexibility index (Phi) is 4.42. The van der Waals surface area contributed by atoms with Gasteiger partial charge < -0.3 is 14.5 Å². The third-order valence-electron chi connectivity index (χ3n) is 3.70. The van der Waals surface area contributed by atoms with E-state index in [-0.39, 0.29) is 30.2 Å². The lowest BCUT2D eigenvalue weighted by atomic mass is 9.99. The summed E-state index contributed by atoms with van der Waals surface area (Å²) in [6.45, 7) is 3.83. The molecule has 1 aromatic rings. The Morgan fingerprint density at radius 1 is 1.45 bits per heavy atom. The van der Waals surface area contributed by atoms with Gasteiger partial charge in [-0.2, -0.15) is 0 Å². The van der Waals surface area contributed by atoms with Crippen molar-refractivity contribution >= 4 is 11.9 Å². The van der Waals surface area contributed by atoms with Gasteiger partial charge in [0, 0.05) is 18.0 Å². The van der Waals surface area contributed by atoms with Crippen LogP contribution in [0.15, 0.2) is 10.6 Å². The molecule has 0 saturated heterocycles. The van der Waals surface area contributed by atoms with Gasteiger partial charge in [0.2, 0.25) is 5.76 Å². The molecule has 6 heteroatoms. The van der Waals surface area contributed by atoms with Crippen molar-refractivity contribution in [1.82, 2.24) is 10.1 Å². The summed E-state index contributed by atoms with van der Waals surface area (Å²) in [7, 11) is 0. The van der Waals surface area contributed by atoms with E-state index in [1.54, 1.807) is 6.07 Å². The maximum absolute atomic E-state index is 12.3. The number of rotatable bonds is 7. The van der Waals surface area contributed by atoms with Crippen molar-refractivity contribution in [3.63, 3.8) is 0 Å². The van der Waals surface area contributed by atoms with Gasteiger partial charge in [0.15, 0.2) is 0 Å². The minimum Gasteiger partial charge on any atom is -0.480 e. The summed E-state index contributed by atoms with van der Waals surface area (Å²) in [6, 6.07) is 1.68. The van der Waals surface area contributed by atoms with Crippen LogP contribution in [0.25, 0.3) is 0 Å². The van der Waals surface area contributed by atoms with E-state index in [0.29, 0.717) is 0 Å². The number of carbonyl (C=O) groups excluding carboxylic acids is 1. The highest BCUT2D eigenvalue weighted by Gasteiger charge is 2.36. The van der Waals surface area contributed by atoms with Gasteiger partial charge in [-0.05, 0) is 25.7 Å². The lowest BCUT2D eigenvalue weighted by Crippen LogP contribution is -2.37. The highest BCUT2D eigenvalue weighted by atomic mass is 16.5. The fourth-order valence-electron chi connectivity index (χ4n) is 2.33. The molecule has 2 rings (SSSR count). The summed E-state index contributed by atoms with van der Waals surface area (Å²) < 4.78 is 5.12. The van der Waals surface area contributed by atoms with Crippen LogP contribution in [0.1, 0.15) is 61.7 Å². The summed E-state index contributed by atoms with van der Waals surface area (Å²) in [5.41, 5.74) is 0.768. The molecule has 0 atom stereocenters.